The maximum absolute atomic E-state index is 10.9. The predicted molar refractivity (Wildman–Crippen MR) is 69.3 cm³/mol. The number of amides is 1. The summed E-state index contributed by atoms with van der Waals surface area (Å²) in [6.07, 6.45) is 0.515. The van der Waals surface area contributed by atoms with Gasteiger partial charge < -0.3 is 10.1 Å². The highest BCUT2D eigenvalue weighted by molar-refractivity contribution is 5.75. The van der Waals surface area contributed by atoms with Crippen LogP contribution in [0.1, 0.15) is 0 Å². The lowest BCUT2D eigenvalue weighted by atomic mass is 10.2. The highest BCUT2D eigenvalue weighted by Crippen LogP contribution is 2.34. The molecule has 1 amide bonds. The molecule has 0 atom stereocenters. The molecule has 0 aliphatic heterocycles. The highest BCUT2D eigenvalue weighted by atomic mass is 16.6. The average Bonchev–Trinajstić information content (AvgIpc) is 2.42. The van der Waals surface area contributed by atoms with E-state index in [9.17, 15) is 14.9 Å². The predicted octanol–water partition coefficient (Wildman–Crippen LogP) is 2.96. The van der Waals surface area contributed by atoms with Gasteiger partial charge in [0.1, 0.15) is 0 Å². The summed E-state index contributed by atoms with van der Waals surface area (Å²) in [4.78, 5) is 20.8. The number of benzene rings is 2. The number of para-hydroxylation sites is 4. The molecule has 6 heteroatoms. The Hall–Kier alpha value is -2.89. The zero-order valence-corrected chi connectivity index (χ0v) is 9.78. The van der Waals surface area contributed by atoms with Crippen LogP contribution in [0.4, 0.5) is 11.4 Å². The molecule has 6 nitrogen and oxygen atoms in total. The zero-order valence-electron chi connectivity index (χ0n) is 9.78. The first kappa shape index (κ1) is 12.6. The molecule has 0 aliphatic rings. The molecule has 0 unspecified atom stereocenters. The number of anilines is 1. The fourth-order valence-corrected chi connectivity index (χ4v) is 1.55. The molecule has 96 valence electrons. The van der Waals surface area contributed by atoms with E-state index in [2.05, 4.69) is 5.32 Å². The third kappa shape index (κ3) is 2.86. The number of hydrogen-bond donors (Lipinski definition) is 1. The number of nitrogens with one attached hydrogen (secondary N) is 1. The Morgan fingerprint density at radius 2 is 1.68 bits per heavy atom. The number of nitro benzene ring substituents is 1. The first-order valence-electron chi connectivity index (χ1n) is 5.43. The van der Waals surface area contributed by atoms with Gasteiger partial charge in [0, 0.05) is 6.07 Å². The summed E-state index contributed by atoms with van der Waals surface area (Å²) < 4.78 is 5.49. The summed E-state index contributed by atoms with van der Waals surface area (Å²) in [5.41, 5.74) is 0.305. The minimum Gasteiger partial charge on any atom is -0.448 e. The molecular weight excluding hydrogens is 248 g/mol. The minimum atomic E-state index is -0.523. The topological polar surface area (TPSA) is 81.5 Å². The maximum Gasteiger partial charge on any atom is 0.311 e. The van der Waals surface area contributed by atoms with Crippen LogP contribution in [0.15, 0.2) is 48.5 Å². The number of hydrogen-bond acceptors (Lipinski definition) is 4. The Balaban J connectivity index is 2.36. The van der Waals surface area contributed by atoms with Gasteiger partial charge in [-0.15, -0.1) is 0 Å². The van der Waals surface area contributed by atoms with Crippen molar-refractivity contribution in [1.29, 1.82) is 0 Å². The number of carbonyl (C=O) groups excluding carboxylic acids is 1. The highest BCUT2D eigenvalue weighted by Gasteiger charge is 2.15. The first-order chi connectivity index (χ1) is 9.22. The van der Waals surface area contributed by atoms with Gasteiger partial charge in [-0.25, -0.2) is 0 Å². The molecule has 2 aromatic carbocycles. The van der Waals surface area contributed by atoms with Gasteiger partial charge in [-0.3, -0.25) is 14.9 Å². The second-order valence-corrected chi connectivity index (χ2v) is 3.59. The molecule has 0 bridgehead atoms. The molecule has 19 heavy (non-hydrogen) atoms. The van der Waals surface area contributed by atoms with Crippen LogP contribution >= 0.6 is 0 Å². The van der Waals surface area contributed by atoms with Crippen molar-refractivity contribution < 1.29 is 14.5 Å². The second-order valence-electron chi connectivity index (χ2n) is 3.59. The molecule has 0 fully saturated rings. The van der Waals surface area contributed by atoms with Crippen LogP contribution < -0.4 is 10.1 Å². The Labute approximate surface area is 108 Å². The van der Waals surface area contributed by atoms with Crippen LogP contribution in [0.3, 0.4) is 0 Å². The van der Waals surface area contributed by atoms with Gasteiger partial charge in [-0.05, 0) is 18.2 Å². The monoisotopic (exact) mass is 258 g/mol. The fourth-order valence-electron chi connectivity index (χ4n) is 1.55. The van der Waals surface area contributed by atoms with Gasteiger partial charge in [0.15, 0.2) is 5.75 Å². The van der Waals surface area contributed by atoms with Crippen molar-refractivity contribution >= 4 is 17.8 Å². The van der Waals surface area contributed by atoms with E-state index in [1.165, 1.54) is 12.1 Å². The number of rotatable bonds is 5. The summed E-state index contributed by atoms with van der Waals surface area (Å²) >= 11 is 0. The smallest absolute Gasteiger partial charge is 0.311 e. The molecule has 0 spiro atoms. The van der Waals surface area contributed by atoms with Gasteiger partial charge in [-0.2, -0.15) is 0 Å². The van der Waals surface area contributed by atoms with Gasteiger partial charge in [0.05, 0.1) is 10.6 Å². The van der Waals surface area contributed by atoms with Crippen LogP contribution in [-0.4, -0.2) is 11.3 Å². The zero-order chi connectivity index (χ0) is 13.7. The molecule has 1 N–H and O–H groups in total. The number of ether oxygens (including phenoxy) is 1. The van der Waals surface area contributed by atoms with E-state index in [1.54, 1.807) is 36.4 Å². The molecule has 0 saturated heterocycles. The second kappa shape index (κ2) is 5.63. The first-order valence-corrected chi connectivity index (χ1v) is 5.43. The minimum absolute atomic E-state index is 0.118. The fraction of sp³-hybridized carbons (Fsp3) is 0. The molecule has 2 aromatic rings. The van der Waals surface area contributed by atoms with E-state index in [0.717, 1.165) is 0 Å². The Morgan fingerprint density at radius 3 is 2.37 bits per heavy atom. The Morgan fingerprint density at radius 1 is 1.05 bits per heavy atom. The van der Waals surface area contributed by atoms with E-state index in [1.807, 2.05) is 0 Å². The van der Waals surface area contributed by atoms with Crippen molar-refractivity contribution in [1.82, 2.24) is 0 Å². The average molecular weight is 258 g/mol. The van der Waals surface area contributed by atoms with E-state index in [4.69, 9.17) is 4.74 Å². The molecule has 0 heterocycles. The van der Waals surface area contributed by atoms with Crippen LogP contribution in [0.2, 0.25) is 0 Å². The van der Waals surface area contributed by atoms with Crippen LogP contribution in [0.25, 0.3) is 0 Å². The molecule has 2 rings (SSSR count). The molecule has 0 radical (unpaired) electrons. The Bertz CT molecular complexity index is 613. The van der Waals surface area contributed by atoms with E-state index in [0.29, 0.717) is 17.8 Å². The summed E-state index contributed by atoms with van der Waals surface area (Å²) in [5, 5.41) is 13.3. The van der Waals surface area contributed by atoms with Gasteiger partial charge in [0.25, 0.3) is 0 Å². The van der Waals surface area contributed by atoms with Crippen molar-refractivity contribution in [2.75, 3.05) is 5.32 Å². The van der Waals surface area contributed by atoms with Crippen LogP contribution in [0.5, 0.6) is 11.5 Å². The molecular formula is C13H10N2O4. The van der Waals surface area contributed by atoms with Crippen molar-refractivity contribution in [3.63, 3.8) is 0 Å². The number of nitrogens with zero attached hydrogens (tertiary/aromatic N) is 1. The van der Waals surface area contributed by atoms with Gasteiger partial charge >= 0.3 is 5.69 Å². The number of nitro groups is 1. The molecule has 0 saturated carbocycles. The molecule has 0 aliphatic carbocycles. The lowest BCUT2D eigenvalue weighted by Gasteiger charge is -2.09. The summed E-state index contributed by atoms with van der Waals surface area (Å²) in [5.74, 6) is 0.455. The summed E-state index contributed by atoms with van der Waals surface area (Å²) in [6, 6.07) is 12.7. The van der Waals surface area contributed by atoms with Crippen molar-refractivity contribution in [3.05, 3.63) is 58.6 Å². The number of carbonyl (C=O) groups is 1. The summed E-state index contributed by atoms with van der Waals surface area (Å²) in [6.45, 7) is 0. The third-order valence-corrected chi connectivity index (χ3v) is 2.38. The van der Waals surface area contributed by atoms with Gasteiger partial charge in [0.2, 0.25) is 12.2 Å². The van der Waals surface area contributed by atoms with E-state index in [-0.39, 0.29) is 11.4 Å². The van der Waals surface area contributed by atoms with Crippen LogP contribution in [-0.2, 0) is 4.79 Å². The van der Waals surface area contributed by atoms with Crippen molar-refractivity contribution in [3.8, 4) is 11.5 Å². The normalized spacial score (nSPS) is 9.68. The van der Waals surface area contributed by atoms with Gasteiger partial charge in [-0.1, -0.05) is 24.3 Å². The van der Waals surface area contributed by atoms with E-state index >= 15 is 0 Å². The van der Waals surface area contributed by atoms with Crippen molar-refractivity contribution in [2.45, 2.75) is 0 Å². The Kier molecular flexibility index (Phi) is 3.72. The summed E-state index contributed by atoms with van der Waals surface area (Å²) in [7, 11) is 0. The lowest BCUT2D eigenvalue weighted by molar-refractivity contribution is -0.385. The third-order valence-electron chi connectivity index (χ3n) is 2.38. The van der Waals surface area contributed by atoms with Crippen molar-refractivity contribution in [2.24, 2.45) is 0 Å². The van der Waals surface area contributed by atoms with Crippen LogP contribution in [0, 0.1) is 10.1 Å². The largest absolute Gasteiger partial charge is 0.448 e. The lowest BCUT2D eigenvalue weighted by Crippen LogP contribution is -1.98. The standard InChI is InChI=1S/C13H10N2O4/c16-9-14-10-5-1-3-7-12(10)19-13-8-4-2-6-11(13)15(17)18/h1-9H,(H,14,16). The molecule has 0 aromatic heterocycles. The maximum atomic E-state index is 10.9. The van der Waals surface area contributed by atoms with E-state index < -0.39 is 4.92 Å². The quantitative estimate of drug-likeness (QED) is 0.507. The SMILES string of the molecule is O=CNc1ccccc1Oc1ccccc1[N+](=O)[O-].